The number of hydrogen-bond acceptors (Lipinski definition) is 7. The number of aromatic nitrogens is 2. The Morgan fingerprint density at radius 1 is 1.07 bits per heavy atom. The molecular weight excluding hydrogens is 346 g/mol. The Kier molecular flexibility index (Phi) is 7.37. The number of nitrogens with zero attached hydrogens (tertiary/aromatic N) is 3. The van der Waals surface area contributed by atoms with Crippen LogP contribution in [-0.4, -0.2) is 67.0 Å². The van der Waals surface area contributed by atoms with Crippen LogP contribution in [-0.2, 0) is 9.53 Å². The molecule has 0 saturated carbocycles. The lowest BCUT2D eigenvalue weighted by Crippen LogP contribution is -2.39. The first-order chi connectivity index (χ1) is 13.3. The standard InChI is InChI=1S/C19H25N5O3/c25-19(8-13-27-16-4-2-1-3-5-16)21-18-7-6-17(22-23-18)20-9-10-24-11-14-26-15-12-24/h1-7H,8-15H2,(H,20,22)(H,21,23,25). The third kappa shape index (κ3) is 6.84. The Morgan fingerprint density at radius 3 is 2.56 bits per heavy atom. The number of nitrogens with one attached hydrogen (secondary N) is 2. The quantitative estimate of drug-likeness (QED) is 0.692. The predicted octanol–water partition coefficient (Wildman–Crippen LogP) is 1.63. The van der Waals surface area contributed by atoms with Crippen molar-refractivity contribution in [2.45, 2.75) is 6.42 Å². The summed E-state index contributed by atoms with van der Waals surface area (Å²) >= 11 is 0. The van der Waals surface area contributed by atoms with E-state index in [4.69, 9.17) is 9.47 Å². The lowest BCUT2D eigenvalue weighted by atomic mass is 10.3. The monoisotopic (exact) mass is 371 g/mol. The number of benzene rings is 1. The number of hydrogen-bond donors (Lipinski definition) is 2. The molecule has 8 heteroatoms. The summed E-state index contributed by atoms with van der Waals surface area (Å²) in [6, 6.07) is 13.0. The molecule has 27 heavy (non-hydrogen) atoms. The molecule has 1 aliphatic rings. The first-order valence-corrected chi connectivity index (χ1v) is 9.15. The van der Waals surface area contributed by atoms with Crippen LogP contribution in [0.5, 0.6) is 5.75 Å². The van der Waals surface area contributed by atoms with E-state index < -0.39 is 0 Å². The van der Waals surface area contributed by atoms with Crippen LogP contribution in [0.15, 0.2) is 42.5 Å². The molecule has 1 aliphatic heterocycles. The summed E-state index contributed by atoms with van der Waals surface area (Å²) in [5, 5.41) is 14.1. The van der Waals surface area contributed by atoms with Crippen LogP contribution in [0.2, 0.25) is 0 Å². The van der Waals surface area contributed by atoms with Gasteiger partial charge in [0.2, 0.25) is 5.91 Å². The summed E-state index contributed by atoms with van der Waals surface area (Å²) < 4.78 is 10.8. The molecule has 0 bridgehead atoms. The second-order valence-electron chi connectivity index (χ2n) is 6.14. The highest BCUT2D eigenvalue weighted by molar-refractivity contribution is 5.89. The highest BCUT2D eigenvalue weighted by Crippen LogP contribution is 2.09. The Bertz CT molecular complexity index is 690. The molecule has 2 aromatic rings. The van der Waals surface area contributed by atoms with E-state index in [1.807, 2.05) is 36.4 Å². The van der Waals surface area contributed by atoms with E-state index in [-0.39, 0.29) is 12.3 Å². The summed E-state index contributed by atoms with van der Waals surface area (Å²) in [5.74, 6) is 1.71. The molecule has 0 radical (unpaired) electrons. The van der Waals surface area contributed by atoms with Crippen molar-refractivity contribution in [3.05, 3.63) is 42.5 Å². The minimum Gasteiger partial charge on any atom is -0.493 e. The minimum atomic E-state index is -0.159. The first kappa shape index (κ1) is 19.1. The van der Waals surface area contributed by atoms with Gasteiger partial charge in [0.1, 0.15) is 11.6 Å². The highest BCUT2D eigenvalue weighted by atomic mass is 16.5. The summed E-state index contributed by atoms with van der Waals surface area (Å²) in [6.45, 7) is 5.56. The van der Waals surface area contributed by atoms with Gasteiger partial charge in [0.25, 0.3) is 0 Å². The lowest BCUT2D eigenvalue weighted by Gasteiger charge is -2.26. The molecule has 2 heterocycles. The van der Waals surface area contributed by atoms with Gasteiger partial charge in [-0.15, -0.1) is 10.2 Å². The average molecular weight is 371 g/mol. The summed E-state index contributed by atoms with van der Waals surface area (Å²) in [4.78, 5) is 14.3. The van der Waals surface area contributed by atoms with Crippen LogP contribution in [0, 0.1) is 0 Å². The number of carbonyl (C=O) groups is 1. The molecule has 2 N–H and O–H groups in total. The van der Waals surface area contributed by atoms with E-state index >= 15 is 0 Å². The Balaban J connectivity index is 1.33. The molecule has 0 atom stereocenters. The van der Waals surface area contributed by atoms with Crippen molar-refractivity contribution in [3.63, 3.8) is 0 Å². The average Bonchev–Trinajstić information content (AvgIpc) is 2.71. The van der Waals surface area contributed by atoms with Gasteiger partial charge in [-0.25, -0.2) is 0 Å². The number of rotatable bonds is 9. The van der Waals surface area contributed by atoms with Crippen molar-refractivity contribution < 1.29 is 14.3 Å². The third-order valence-corrected chi connectivity index (χ3v) is 4.11. The highest BCUT2D eigenvalue weighted by Gasteiger charge is 2.09. The van der Waals surface area contributed by atoms with E-state index in [9.17, 15) is 4.79 Å². The van der Waals surface area contributed by atoms with Crippen LogP contribution < -0.4 is 15.4 Å². The fourth-order valence-electron chi connectivity index (χ4n) is 2.64. The molecule has 1 saturated heterocycles. The lowest BCUT2D eigenvalue weighted by molar-refractivity contribution is -0.116. The van der Waals surface area contributed by atoms with Crippen LogP contribution in [0.1, 0.15) is 6.42 Å². The van der Waals surface area contributed by atoms with E-state index in [1.165, 1.54) is 0 Å². The Labute approximate surface area is 158 Å². The molecular formula is C19H25N5O3. The summed E-state index contributed by atoms with van der Waals surface area (Å²) in [7, 11) is 0. The number of ether oxygens (including phenoxy) is 2. The molecule has 0 spiro atoms. The van der Waals surface area contributed by atoms with Crippen molar-refractivity contribution >= 4 is 17.5 Å². The smallest absolute Gasteiger partial charge is 0.229 e. The van der Waals surface area contributed by atoms with E-state index in [0.717, 1.165) is 45.1 Å². The number of amides is 1. The molecule has 1 aromatic carbocycles. The van der Waals surface area contributed by atoms with Crippen LogP contribution in [0.25, 0.3) is 0 Å². The van der Waals surface area contributed by atoms with Gasteiger partial charge < -0.3 is 20.1 Å². The maximum atomic E-state index is 11.9. The maximum absolute atomic E-state index is 11.9. The van der Waals surface area contributed by atoms with Gasteiger partial charge in [-0.2, -0.15) is 0 Å². The summed E-state index contributed by atoms with van der Waals surface area (Å²) in [6.07, 6.45) is 0.246. The van der Waals surface area contributed by atoms with Gasteiger partial charge >= 0.3 is 0 Å². The number of morpholine rings is 1. The number of carbonyl (C=O) groups excluding carboxylic acids is 1. The van der Waals surface area contributed by atoms with Crippen molar-refractivity contribution in [2.24, 2.45) is 0 Å². The van der Waals surface area contributed by atoms with Gasteiger partial charge in [0, 0.05) is 26.2 Å². The normalized spacial score (nSPS) is 14.5. The topological polar surface area (TPSA) is 88.6 Å². The number of anilines is 2. The molecule has 0 unspecified atom stereocenters. The molecule has 1 fully saturated rings. The zero-order chi connectivity index (χ0) is 18.7. The second-order valence-corrected chi connectivity index (χ2v) is 6.14. The fourth-order valence-corrected chi connectivity index (χ4v) is 2.64. The minimum absolute atomic E-state index is 0.159. The second kappa shape index (κ2) is 10.4. The third-order valence-electron chi connectivity index (χ3n) is 4.11. The van der Waals surface area contributed by atoms with E-state index in [2.05, 4.69) is 25.7 Å². The van der Waals surface area contributed by atoms with Gasteiger partial charge in [-0.05, 0) is 24.3 Å². The van der Waals surface area contributed by atoms with Gasteiger partial charge in [0.05, 0.1) is 26.2 Å². The van der Waals surface area contributed by atoms with Crippen molar-refractivity contribution in [1.82, 2.24) is 15.1 Å². The van der Waals surface area contributed by atoms with Crippen LogP contribution in [0.4, 0.5) is 11.6 Å². The van der Waals surface area contributed by atoms with Crippen molar-refractivity contribution in [3.8, 4) is 5.75 Å². The zero-order valence-corrected chi connectivity index (χ0v) is 15.3. The molecule has 1 aromatic heterocycles. The largest absolute Gasteiger partial charge is 0.493 e. The SMILES string of the molecule is O=C(CCOc1ccccc1)Nc1ccc(NCCN2CCOCC2)nn1. The van der Waals surface area contributed by atoms with Gasteiger partial charge in [-0.3, -0.25) is 9.69 Å². The first-order valence-electron chi connectivity index (χ1n) is 9.15. The predicted molar refractivity (Wildman–Crippen MR) is 103 cm³/mol. The van der Waals surface area contributed by atoms with E-state index in [1.54, 1.807) is 6.07 Å². The molecule has 0 aliphatic carbocycles. The van der Waals surface area contributed by atoms with Crippen LogP contribution >= 0.6 is 0 Å². The van der Waals surface area contributed by atoms with Gasteiger partial charge in [-0.1, -0.05) is 18.2 Å². The zero-order valence-electron chi connectivity index (χ0n) is 15.3. The fraction of sp³-hybridized carbons (Fsp3) is 0.421. The Morgan fingerprint density at radius 2 is 1.81 bits per heavy atom. The number of para-hydroxylation sites is 1. The molecule has 8 nitrogen and oxygen atoms in total. The maximum Gasteiger partial charge on any atom is 0.229 e. The molecule has 1 amide bonds. The summed E-state index contributed by atoms with van der Waals surface area (Å²) in [5.41, 5.74) is 0. The van der Waals surface area contributed by atoms with Crippen molar-refractivity contribution in [1.29, 1.82) is 0 Å². The van der Waals surface area contributed by atoms with Gasteiger partial charge in [0.15, 0.2) is 5.82 Å². The molecule has 144 valence electrons. The van der Waals surface area contributed by atoms with Crippen molar-refractivity contribution in [2.75, 3.05) is 56.6 Å². The van der Waals surface area contributed by atoms with Crippen LogP contribution in [0.3, 0.4) is 0 Å². The Hall–Kier alpha value is -2.71. The van der Waals surface area contributed by atoms with E-state index in [0.29, 0.717) is 18.2 Å². The molecule has 3 rings (SSSR count).